The van der Waals surface area contributed by atoms with E-state index >= 15 is 0 Å². The Hall–Kier alpha value is -3.35. The highest BCUT2D eigenvalue weighted by Crippen LogP contribution is 2.39. The SMILES string of the molecule is CCC1(C)CCN(c2cnc(Sc3cccc(NC(=O)c4c(O)nc5n(c4=O)CCNC5)c3Cl)c(N)n2)CC1. The van der Waals surface area contributed by atoms with E-state index in [1.54, 1.807) is 24.4 Å². The predicted octanol–water partition coefficient (Wildman–Crippen LogP) is 3.50. The Morgan fingerprint density at radius 3 is 2.77 bits per heavy atom. The Morgan fingerprint density at radius 2 is 2.05 bits per heavy atom. The molecule has 39 heavy (non-hydrogen) atoms. The molecule has 5 N–H and O–H groups in total. The number of halogens is 1. The van der Waals surface area contributed by atoms with E-state index in [1.807, 2.05) is 0 Å². The highest BCUT2D eigenvalue weighted by Gasteiger charge is 2.29. The molecule has 2 aliphatic heterocycles. The molecule has 4 heterocycles. The molecular weight excluding hydrogens is 540 g/mol. The molecular formula is C26H31ClN8O3S. The summed E-state index contributed by atoms with van der Waals surface area (Å²) in [5.41, 5.74) is 5.88. The van der Waals surface area contributed by atoms with Gasteiger partial charge in [0.1, 0.15) is 16.7 Å². The molecule has 3 aromatic rings. The number of hydrogen-bond acceptors (Lipinski definition) is 10. The Kier molecular flexibility index (Phi) is 7.70. The zero-order valence-electron chi connectivity index (χ0n) is 21.8. The third-order valence-corrected chi connectivity index (χ3v) is 9.16. The van der Waals surface area contributed by atoms with Crippen LogP contribution in [-0.4, -0.2) is 50.2 Å². The number of piperidine rings is 1. The van der Waals surface area contributed by atoms with Crippen molar-refractivity contribution in [3.8, 4) is 5.88 Å². The van der Waals surface area contributed by atoms with Gasteiger partial charge >= 0.3 is 0 Å². The lowest BCUT2D eigenvalue weighted by Crippen LogP contribution is -2.40. The van der Waals surface area contributed by atoms with Gasteiger partial charge in [0, 0.05) is 31.1 Å². The third-order valence-electron chi connectivity index (χ3n) is 7.57. The number of nitrogen functional groups attached to an aromatic ring is 1. The fourth-order valence-electron chi connectivity index (χ4n) is 4.76. The highest BCUT2D eigenvalue weighted by molar-refractivity contribution is 7.99. The second-order valence-corrected chi connectivity index (χ2v) is 11.5. The number of carbonyl (C=O) groups is 1. The van der Waals surface area contributed by atoms with Gasteiger partial charge in [0.05, 0.1) is 23.5 Å². The molecule has 0 spiro atoms. The molecule has 1 fully saturated rings. The lowest BCUT2D eigenvalue weighted by molar-refractivity contribution is 0.102. The number of fused-ring (bicyclic) bond motifs is 1. The van der Waals surface area contributed by atoms with Gasteiger partial charge in [-0.3, -0.25) is 14.2 Å². The summed E-state index contributed by atoms with van der Waals surface area (Å²) >= 11 is 7.86. The van der Waals surface area contributed by atoms with Gasteiger partial charge in [-0.05, 0) is 30.4 Å². The summed E-state index contributed by atoms with van der Waals surface area (Å²) in [5.74, 6) is 0.000672. The maximum atomic E-state index is 13.0. The van der Waals surface area contributed by atoms with Crippen molar-refractivity contribution >= 4 is 46.6 Å². The zero-order valence-corrected chi connectivity index (χ0v) is 23.4. The van der Waals surface area contributed by atoms with Crippen LogP contribution in [0.25, 0.3) is 0 Å². The Bertz CT molecular complexity index is 1470. The number of rotatable bonds is 6. The maximum Gasteiger partial charge on any atom is 0.270 e. The van der Waals surface area contributed by atoms with E-state index in [9.17, 15) is 14.7 Å². The molecule has 2 aromatic heterocycles. The van der Waals surface area contributed by atoms with Crippen molar-refractivity contribution in [3.05, 3.63) is 51.2 Å². The van der Waals surface area contributed by atoms with Gasteiger partial charge in [-0.1, -0.05) is 49.7 Å². The molecule has 0 aliphatic carbocycles. The van der Waals surface area contributed by atoms with E-state index < -0.39 is 22.9 Å². The molecule has 0 atom stereocenters. The van der Waals surface area contributed by atoms with E-state index in [2.05, 4.69) is 44.3 Å². The molecule has 0 bridgehead atoms. The molecule has 0 saturated carbocycles. The zero-order chi connectivity index (χ0) is 27.7. The first-order chi connectivity index (χ1) is 18.7. The molecule has 1 saturated heterocycles. The number of amides is 1. The molecule has 2 aliphatic rings. The molecule has 13 heteroatoms. The summed E-state index contributed by atoms with van der Waals surface area (Å²) in [5, 5.41) is 16.8. The monoisotopic (exact) mass is 570 g/mol. The minimum atomic E-state index is -0.799. The van der Waals surface area contributed by atoms with Crippen molar-refractivity contribution in [2.24, 2.45) is 5.41 Å². The van der Waals surface area contributed by atoms with Gasteiger partial charge in [0.15, 0.2) is 11.4 Å². The number of aromatic hydroxyl groups is 1. The van der Waals surface area contributed by atoms with Crippen LogP contribution in [0.5, 0.6) is 5.88 Å². The van der Waals surface area contributed by atoms with Gasteiger partial charge in [-0.2, -0.15) is 4.98 Å². The van der Waals surface area contributed by atoms with Crippen molar-refractivity contribution in [1.29, 1.82) is 0 Å². The average molecular weight is 571 g/mol. The lowest BCUT2D eigenvalue weighted by atomic mass is 9.78. The van der Waals surface area contributed by atoms with Crippen molar-refractivity contribution in [2.75, 3.05) is 35.6 Å². The normalized spacial score (nSPS) is 16.5. The minimum absolute atomic E-state index is 0.241. The standard InChI is InChI=1S/C26H31ClN8O3S/c1-3-26(2)7-10-34(11-8-26)17-14-30-24(21(28)32-17)39-16-6-4-5-15(20(16)27)31-22(36)19-23(37)33-18-13-29-9-12-35(18)25(19)38/h4-6,14,29,37H,3,7-13H2,1-2H3,(H2,28,32)(H,31,36). The number of hydrogen-bond donors (Lipinski definition) is 4. The van der Waals surface area contributed by atoms with Crippen LogP contribution in [-0.2, 0) is 13.1 Å². The van der Waals surface area contributed by atoms with Crippen LogP contribution in [0.15, 0.2) is 39.1 Å². The third kappa shape index (κ3) is 5.54. The van der Waals surface area contributed by atoms with Crippen LogP contribution in [0, 0.1) is 5.41 Å². The smallest absolute Gasteiger partial charge is 0.270 e. The van der Waals surface area contributed by atoms with Gasteiger partial charge in [-0.15, -0.1) is 0 Å². The second-order valence-electron chi connectivity index (χ2n) is 10.1. The van der Waals surface area contributed by atoms with Gasteiger partial charge in [0.25, 0.3) is 11.5 Å². The fourth-order valence-corrected chi connectivity index (χ4v) is 5.86. The Morgan fingerprint density at radius 1 is 1.28 bits per heavy atom. The quantitative estimate of drug-likeness (QED) is 0.346. The summed E-state index contributed by atoms with van der Waals surface area (Å²) in [6, 6.07) is 5.09. The summed E-state index contributed by atoms with van der Waals surface area (Å²) in [4.78, 5) is 41.9. The number of nitrogens with zero attached hydrogens (tertiary/aromatic N) is 5. The lowest BCUT2D eigenvalue weighted by Gasteiger charge is -2.39. The molecule has 1 amide bonds. The van der Waals surface area contributed by atoms with Gasteiger partial charge < -0.3 is 26.4 Å². The van der Waals surface area contributed by atoms with Crippen LogP contribution in [0.1, 0.15) is 49.3 Å². The number of anilines is 3. The maximum absolute atomic E-state index is 13.0. The van der Waals surface area contributed by atoms with Crippen molar-refractivity contribution < 1.29 is 9.90 Å². The minimum Gasteiger partial charge on any atom is -0.493 e. The van der Waals surface area contributed by atoms with Crippen LogP contribution >= 0.6 is 23.4 Å². The summed E-state index contributed by atoms with van der Waals surface area (Å²) in [6.07, 6.45) is 5.07. The van der Waals surface area contributed by atoms with Crippen molar-refractivity contribution in [2.45, 2.75) is 56.1 Å². The largest absolute Gasteiger partial charge is 0.493 e. The number of carbonyl (C=O) groups excluding carboxylic acids is 1. The first-order valence-electron chi connectivity index (χ1n) is 12.9. The topological polar surface area (TPSA) is 151 Å². The molecule has 0 radical (unpaired) electrons. The number of aromatic nitrogens is 4. The van der Waals surface area contributed by atoms with Crippen LogP contribution < -0.4 is 26.8 Å². The van der Waals surface area contributed by atoms with E-state index in [1.165, 1.54) is 16.3 Å². The average Bonchev–Trinajstić information content (AvgIpc) is 2.92. The van der Waals surface area contributed by atoms with E-state index in [4.69, 9.17) is 17.3 Å². The molecule has 5 rings (SSSR count). The first kappa shape index (κ1) is 27.2. The number of nitrogens with one attached hydrogen (secondary N) is 2. The first-order valence-corrected chi connectivity index (χ1v) is 14.1. The van der Waals surface area contributed by atoms with E-state index in [0.29, 0.717) is 46.6 Å². The molecule has 1 aromatic carbocycles. The van der Waals surface area contributed by atoms with Gasteiger partial charge in [0.2, 0.25) is 5.88 Å². The van der Waals surface area contributed by atoms with Crippen molar-refractivity contribution in [3.63, 3.8) is 0 Å². The number of nitrogens with two attached hydrogens (primary N) is 1. The summed E-state index contributed by atoms with van der Waals surface area (Å²) in [7, 11) is 0. The van der Waals surface area contributed by atoms with Gasteiger partial charge in [-0.25, -0.2) is 9.97 Å². The van der Waals surface area contributed by atoms with Crippen molar-refractivity contribution in [1.82, 2.24) is 24.8 Å². The summed E-state index contributed by atoms with van der Waals surface area (Å²) < 4.78 is 1.39. The molecule has 0 unspecified atom stereocenters. The Labute approximate surface area is 235 Å². The number of benzene rings is 1. The summed E-state index contributed by atoms with van der Waals surface area (Å²) in [6.45, 7) is 7.63. The highest BCUT2D eigenvalue weighted by atomic mass is 35.5. The van der Waals surface area contributed by atoms with Crippen LogP contribution in [0.3, 0.4) is 0 Å². The van der Waals surface area contributed by atoms with E-state index in [0.717, 1.165) is 38.2 Å². The van der Waals surface area contributed by atoms with Crippen LogP contribution in [0.2, 0.25) is 5.02 Å². The second kappa shape index (κ2) is 11.0. The fraction of sp³-hybridized carbons (Fsp3) is 0.423. The van der Waals surface area contributed by atoms with E-state index in [-0.39, 0.29) is 10.7 Å². The van der Waals surface area contributed by atoms with Crippen LogP contribution in [0.4, 0.5) is 17.3 Å². The Balaban J connectivity index is 1.32. The molecule has 11 nitrogen and oxygen atoms in total. The molecule has 206 valence electrons. The predicted molar refractivity (Wildman–Crippen MR) is 152 cm³/mol.